The maximum Gasteiger partial charge on any atom is 0.414 e. The molecule has 6 heteroatoms. The van der Waals surface area contributed by atoms with Crippen molar-refractivity contribution < 1.29 is 9.53 Å². The summed E-state index contributed by atoms with van der Waals surface area (Å²) < 4.78 is 5.69. The second kappa shape index (κ2) is 4.78. The van der Waals surface area contributed by atoms with E-state index in [1.54, 1.807) is 26.8 Å². The van der Waals surface area contributed by atoms with Gasteiger partial charge in [0.1, 0.15) is 10.2 Å². The fraction of sp³-hybridized carbons (Fsp3) is 0.500. The average Bonchev–Trinajstić information content (AvgIpc) is 1.96. The van der Waals surface area contributed by atoms with Gasteiger partial charge in [-0.3, -0.25) is 5.32 Å². The Bertz CT molecular complexity index is 381. The number of hydrogen-bond acceptors (Lipinski definition) is 4. The number of hydrogen-bond donors (Lipinski definition) is 1. The molecule has 0 spiro atoms. The molecule has 0 radical (unpaired) electrons. The molecule has 1 aromatic rings. The number of carbonyl (C=O) groups excluding carboxylic acids is 1. The monoisotopic (exact) mass is 287 g/mol. The highest BCUT2D eigenvalue weighted by molar-refractivity contribution is 9.10. The molecule has 0 saturated heterocycles. The Hall–Kier alpha value is -1.17. The van der Waals surface area contributed by atoms with Crippen molar-refractivity contribution in [1.29, 1.82) is 0 Å². The maximum atomic E-state index is 11.4. The molecule has 0 bridgehead atoms. The molecule has 0 aliphatic rings. The highest BCUT2D eigenvalue weighted by atomic mass is 79.9. The van der Waals surface area contributed by atoms with Crippen LogP contribution in [0.15, 0.2) is 10.7 Å². The Balaban J connectivity index is 2.70. The summed E-state index contributed by atoms with van der Waals surface area (Å²) in [7, 11) is 0. The van der Waals surface area contributed by atoms with Crippen LogP contribution < -0.4 is 5.32 Å². The lowest BCUT2D eigenvalue weighted by molar-refractivity contribution is 0.0634. The van der Waals surface area contributed by atoms with Gasteiger partial charge in [0.05, 0.1) is 0 Å². The molecule has 1 N–H and O–H groups in total. The van der Waals surface area contributed by atoms with Gasteiger partial charge in [-0.15, -0.1) is 0 Å². The molecule has 0 unspecified atom stereocenters. The highest BCUT2D eigenvalue weighted by Gasteiger charge is 2.17. The summed E-state index contributed by atoms with van der Waals surface area (Å²) in [4.78, 5) is 19.5. The molecular formula is C10H14BrN3O2. The van der Waals surface area contributed by atoms with E-state index in [1.165, 1.54) is 0 Å². The van der Waals surface area contributed by atoms with E-state index in [0.29, 0.717) is 4.60 Å². The van der Waals surface area contributed by atoms with E-state index in [0.717, 1.165) is 5.69 Å². The minimum Gasteiger partial charge on any atom is -0.444 e. The van der Waals surface area contributed by atoms with Crippen molar-refractivity contribution in [1.82, 2.24) is 9.97 Å². The first-order valence-corrected chi connectivity index (χ1v) is 5.57. The van der Waals surface area contributed by atoms with E-state index < -0.39 is 11.7 Å². The van der Waals surface area contributed by atoms with Crippen LogP contribution >= 0.6 is 15.9 Å². The summed E-state index contributed by atoms with van der Waals surface area (Å²) in [5.41, 5.74) is 0.221. The van der Waals surface area contributed by atoms with Crippen LogP contribution in [-0.2, 0) is 4.74 Å². The maximum absolute atomic E-state index is 11.4. The fourth-order valence-corrected chi connectivity index (χ4v) is 1.48. The molecule has 1 amide bonds. The van der Waals surface area contributed by atoms with Crippen LogP contribution in [0.3, 0.4) is 0 Å². The van der Waals surface area contributed by atoms with E-state index in [1.807, 2.05) is 6.92 Å². The number of rotatable bonds is 1. The molecule has 0 aliphatic carbocycles. The summed E-state index contributed by atoms with van der Waals surface area (Å²) in [6.07, 6.45) is -0.565. The van der Waals surface area contributed by atoms with Gasteiger partial charge in [-0.05, 0) is 49.7 Å². The Morgan fingerprint density at radius 2 is 2.06 bits per heavy atom. The highest BCUT2D eigenvalue weighted by Crippen LogP contribution is 2.12. The van der Waals surface area contributed by atoms with Crippen molar-refractivity contribution in [2.75, 3.05) is 5.32 Å². The van der Waals surface area contributed by atoms with Crippen LogP contribution in [-0.4, -0.2) is 21.7 Å². The first-order valence-electron chi connectivity index (χ1n) is 4.77. The zero-order chi connectivity index (χ0) is 12.3. The van der Waals surface area contributed by atoms with E-state index in [4.69, 9.17) is 4.74 Å². The van der Waals surface area contributed by atoms with Crippen LogP contribution in [0.2, 0.25) is 0 Å². The molecule has 5 nitrogen and oxygen atoms in total. The van der Waals surface area contributed by atoms with Crippen molar-refractivity contribution in [3.05, 3.63) is 16.4 Å². The van der Waals surface area contributed by atoms with Crippen LogP contribution in [0.4, 0.5) is 10.7 Å². The van der Waals surface area contributed by atoms with Gasteiger partial charge in [-0.1, -0.05) is 0 Å². The minimum atomic E-state index is -0.565. The van der Waals surface area contributed by atoms with E-state index in [2.05, 4.69) is 31.2 Å². The standard InChI is InChI=1S/C10H14BrN3O2/c1-6-5-7(11)13-8(12-6)14-9(15)16-10(2,3)4/h5H,1-4H3,(H,12,13,14,15). The van der Waals surface area contributed by atoms with Crippen LogP contribution in [0.25, 0.3) is 0 Å². The summed E-state index contributed by atoms with van der Waals surface area (Å²) in [6.45, 7) is 7.19. The first kappa shape index (κ1) is 12.9. The molecule has 0 fully saturated rings. The number of nitrogens with zero attached hydrogens (tertiary/aromatic N) is 2. The molecular weight excluding hydrogens is 274 g/mol. The normalized spacial score (nSPS) is 11.1. The van der Waals surface area contributed by atoms with Gasteiger partial charge in [0, 0.05) is 5.69 Å². The number of ether oxygens (including phenoxy) is 1. The zero-order valence-electron chi connectivity index (χ0n) is 9.67. The van der Waals surface area contributed by atoms with Crippen molar-refractivity contribution in [2.45, 2.75) is 33.3 Å². The van der Waals surface area contributed by atoms with E-state index in [9.17, 15) is 4.79 Å². The largest absolute Gasteiger partial charge is 0.444 e. The second-order valence-electron chi connectivity index (χ2n) is 4.28. The number of amides is 1. The van der Waals surface area contributed by atoms with Crippen molar-refractivity contribution in [2.24, 2.45) is 0 Å². The Labute approximate surface area is 103 Å². The number of halogens is 1. The lowest BCUT2D eigenvalue weighted by Gasteiger charge is -2.19. The lowest BCUT2D eigenvalue weighted by Crippen LogP contribution is -2.27. The van der Waals surface area contributed by atoms with Crippen LogP contribution in [0.1, 0.15) is 26.5 Å². The molecule has 0 saturated carbocycles. The third kappa shape index (κ3) is 4.57. The molecule has 1 rings (SSSR count). The quantitative estimate of drug-likeness (QED) is 0.807. The molecule has 1 heterocycles. The SMILES string of the molecule is Cc1cc(Br)nc(NC(=O)OC(C)(C)C)n1. The zero-order valence-corrected chi connectivity index (χ0v) is 11.3. The van der Waals surface area contributed by atoms with Crippen LogP contribution in [0.5, 0.6) is 0 Å². The van der Waals surface area contributed by atoms with Gasteiger partial charge < -0.3 is 4.74 Å². The van der Waals surface area contributed by atoms with E-state index in [-0.39, 0.29) is 5.95 Å². The summed E-state index contributed by atoms with van der Waals surface area (Å²) in [6, 6.07) is 1.75. The van der Waals surface area contributed by atoms with Gasteiger partial charge >= 0.3 is 6.09 Å². The number of anilines is 1. The molecule has 0 aromatic carbocycles. The van der Waals surface area contributed by atoms with Gasteiger partial charge in [0.15, 0.2) is 0 Å². The molecule has 88 valence electrons. The number of carbonyl (C=O) groups is 1. The number of nitrogens with one attached hydrogen (secondary N) is 1. The summed E-state index contributed by atoms with van der Waals surface area (Å²) in [5.74, 6) is 0.223. The molecule has 1 aromatic heterocycles. The Morgan fingerprint density at radius 3 is 2.56 bits per heavy atom. The molecule has 0 aliphatic heterocycles. The van der Waals surface area contributed by atoms with Gasteiger partial charge in [0.2, 0.25) is 5.95 Å². The van der Waals surface area contributed by atoms with Gasteiger partial charge in [0.25, 0.3) is 0 Å². The smallest absolute Gasteiger partial charge is 0.414 e. The Morgan fingerprint density at radius 1 is 1.44 bits per heavy atom. The fourth-order valence-electron chi connectivity index (χ4n) is 0.981. The predicted octanol–water partition coefficient (Wildman–Crippen LogP) is 2.89. The van der Waals surface area contributed by atoms with Gasteiger partial charge in [-0.25, -0.2) is 14.8 Å². The minimum absolute atomic E-state index is 0.223. The molecule has 16 heavy (non-hydrogen) atoms. The lowest BCUT2D eigenvalue weighted by atomic mass is 10.2. The van der Waals surface area contributed by atoms with E-state index >= 15 is 0 Å². The van der Waals surface area contributed by atoms with Crippen LogP contribution in [0, 0.1) is 6.92 Å². The topological polar surface area (TPSA) is 64.1 Å². The first-order chi connectivity index (χ1) is 7.26. The predicted molar refractivity (Wildman–Crippen MR) is 64.3 cm³/mol. The van der Waals surface area contributed by atoms with Gasteiger partial charge in [-0.2, -0.15) is 0 Å². The second-order valence-corrected chi connectivity index (χ2v) is 5.10. The third-order valence-corrected chi connectivity index (χ3v) is 1.84. The van der Waals surface area contributed by atoms with Crippen molar-refractivity contribution >= 4 is 28.0 Å². The molecule has 0 atom stereocenters. The summed E-state index contributed by atoms with van der Waals surface area (Å²) >= 11 is 3.22. The summed E-state index contributed by atoms with van der Waals surface area (Å²) in [5, 5.41) is 2.47. The number of aromatic nitrogens is 2. The Kier molecular flexibility index (Phi) is 3.85. The van der Waals surface area contributed by atoms with Crippen molar-refractivity contribution in [3.63, 3.8) is 0 Å². The third-order valence-electron chi connectivity index (χ3n) is 1.44. The van der Waals surface area contributed by atoms with Crippen molar-refractivity contribution in [3.8, 4) is 0 Å². The number of aryl methyl sites for hydroxylation is 1. The average molecular weight is 288 g/mol.